The number of nitrogens with one attached hydrogen (secondary N) is 1. The molecule has 4 rings (SSSR count). The summed E-state index contributed by atoms with van der Waals surface area (Å²) in [6.45, 7) is 0.817. The van der Waals surface area contributed by atoms with E-state index in [1.165, 1.54) is 16.4 Å². The van der Waals surface area contributed by atoms with Crippen LogP contribution in [0.5, 0.6) is 0 Å². The van der Waals surface area contributed by atoms with Gasteiger partial charge in [0.25, 0.3) is 5.91 Å². The first-order valence-corrected chi connectivity index (χ1v) is 10.3. The van der Waals surface area contributed by atoms with E-state index in [0.29, 0.717) is 36.8 Å². The molecule has 1 aromatic carbocycles. The van der Waals surface area contributed by atoms with Crippen LogP contribution in [0.1, 0.15) is 36.0 Å². The fraction of sp³-hybridized carbons (Fsp3) is 0.444. The zero-order valence-corrected chi connectivity index (χ0v) is 15.0. The second-order valence-corrected chi connectivity index (χ2v) is 9.13. The number of rotatable bonds is 4. The Hall–Kier alpha value is -2.06. The monoisotopic (exact) mass is 377 g/mol. The molecule has 1 saturated carbocycles. The number of piperidine rings is 1. The van der Waals surface area contributed by atoms with Crippen molar-refractivity contribution in [3.05, 3.63) is 41.8 Å². The maximum Gasteiger partial charge on any atom is 0.253 e. The lowest BCUT2D eigenvalue weighted by molar-refractivity contribution is 0.0925. The first kappa shape index (κ1) is 17.4. The van der Waals surface area contributed by atoms with Crippen LogP contribution in [0.2, 0.25) is 0 Å². The van der Waals surface area contributed by atoms with Gasteiger partial charge in [0.05, 0.1) is 16.3 Å². The van der Waals surface area contributed by atoms with Crippen molar-refractivity contribution in [3.8, 4) is 0 Å². The number of fused-ring (bicyclic) bond motifs is 1. The molecule has 6 nitrogen and oxygen atoms in total. The number of hydrogen-bond acceptors (Lipinski definition) is 4. The van der Waals surface area contributed by atoms with Crippen molar-refractivity contribution >= 4 is 26.8 Å². The van der Waals surface area contributed by atoms with Crippen LogP contribution in [-0.4, -0.2) is 48.0 Å². The summed E-state index contributed by atoms with van der Waals surface area (Å²) >= 11 is 0. The molecule has 26 heavy (non-hydrogen) atoms. The minimum absolute atomic E-state index is 0.129. The van der Waals surface area contributed by atoms with Gasteiger partial charge in [0.1, 0.15) is 5.82 Å². The maximum atomic E-state index is 13.8. The van der Waals surface area contributed by atoms with Crippen LogP contribution in [0.4, 0.5) is 4.39 Å². The van der Waals surface area contributed by atoms with Gasteiger partial charge in [-0.05, 0) is 43.9 Å². The van der Waals surface area contributed by atoms with Crippen LogP contribution in [0.25, 0.3) is 10.9 Å². The third-order valence-corrected chi connectivity index (χ3v) is 7.41. The summed E-state index contributed by atoms with van der Waals surface area (Å²) in [6, 6.07) is 5.82. The fourth-order valence-corrected chi connectivity index (χ4v) is 5.30. The van der Waals surface area contributed by atoms with E-state index in [1.54, 1.807) is 18.3 Å². The van der Waals surface area contributed by atoms with Crippen LogP contribution in [0.3, 0.4) is 0 Å². The van der Waals surface area contributed by atoms with E-state index in [4.69, 9.17) is 0 Å². The molecular formula is C18H20FN3O3S. The van der Waals surface area contributed by atoms with E-state index in [9.17, 15) is 17.6 Å². The Balaban J connectivity index is 1.45. The van der Waals surface area contributed by atoms with Crippen molar-refractivity contribution in [2.24, 2.45) is 0 Å². The number of carbonyl (C=O) groups excluding carboxylic acids is 1. The first-order chi connectivity index (χ1) is 12.4. The third kappa shape index (κ3) is 3.31. The normalized spacial score (nSPS) is 19.6. The van der Waals surface area contributed by atoms with Gasteiger partial charge >= 0.3 is 0 Å². The van der Waals surface area contributed by atoms with Gasteiger partial charge in [-0.1, -0.05) is 6.07 Å². The Morgan fingerprint density at radius 3 is 2.62 bits per heavy atom. The largest absolute Gasteiger partial charge is 0.349 e. The molecule has 0 atom stereocenters. The van der Waals surface area contributed by atoms with Gasteiger partial charge in [-0.3, -0.25) is 9.78 Å². The highest BCUT2D eigenvalue weighted by atomic mass is 32.2. The van der Waals surface area contributed by atoms with E-state index in [0.717, 1.165) is 12.8 Å². The molecule has 1 amide bonds. The van der Waals surface area contributed by atoms with Crippen molar-refractivity contribution in [2.45, 2.75) is 37.0 Å². The molecule has 8 heteroatoms. The minimum Gasteiger partial charge on any atom is -0.349 e. The number of carbonyl (C=O) groups is 1. The number of benzene rings is 1. The molecule has 1 N–H and O–H groups in total. The predicted molar refractivity (Wildman–Crippen MR) is 95.7 cm³/mol. The lowest BCUT2D eigenvalue weighted by atomic mass is 10.0. The van der Waals surface area contributed by atoms with Crippen LogP contribution >= 0.6 is 0 Å². The standard InChI is InChI=1S/C18H20FN3O3S/c19-13-10-12-2-1-7-20-17(12)16(11-13)18(23)21-14-5-8-22(9-6-14)26(24,25)15-3-4-15/h1-2,7,10-11,14-15H,3-6,8-9H2,(H,21,23). The molecule has 138 valence electrons. The average Bonchev–Trinajstić information content (AvgIpc) is 3.47. The van der Waals surface area contributed by atoms with Gasteiger partial charge in [-0.2, -0.15) is 0 Å². The van der Waals surface area contributed by atoms with Crippen molar-refractivity contribution < 1.29 is 17.6 Å². The summed E-state index contributed by atoms with van der Waals surface area (Å²) in [5.41, 5.74) is 0.661. The van der Waals surface area contributed by atoms with E-state index < -0.39 is 15.8 Å². The molecule has 1 saturated heterocycles. The number of pyridine rings is 1. The van der Waals surface area contributed by atoms with E-state index in [1.807, 2.05) is 0 Å². The summed E-state index contributed by atoms with van der Waals surface area (Å²) in [7, 11) is -3.17. The number of halogens is 1. The number of amides is 1. The summed E-state index contributed by atoms with van der Waals surface area (Å²) in [6.07, 6.45) is 4.17. The average molecular weight is 377 g/mol. The van der Waals surface area contributed by atoms with Crippen LogP contribution in [-0.2, 0) is 10.0 Å². The molecule has 2 fully saturated rings. The van der Waals surface area contributed by atoms with E-state index in [-0.39, 0.29) is 22.8 Å². The molecule has 0 unspecified atom stereocenters. The lowest BCUT2D eigenvalue weighted by Crippen LogP contribution is -2.47. The molecular weight excluding hydrogens is 357 g/mol. The van der Waals surface area contributed by atoms with Crippen LogP contribution in [0.15, 0.2) is 30.5 Å². The van der Waals surface area contributed by atoms with Gasteiger partial charge in [0.2, 0.25) is 10.0 Å². The van der Waals surface area contributed by atoms with Crippen LogP contribution in [0, 0.1) is 5.82 Å². The Bertz CT molecular complexity index is 951. The predicted octanol–water partition coefficient (Wildman–Crippen LogP) is 2.06. The Morgan fingerprint density at radius 2 is 1.92 bits per heavy atom. The van der Waals surface area contributed by atoms with Crippen molar-refractivity contribution in [1.82, 2.24) is 14.6 Å². The molecule has 2 aromatic rings. The zero-order valence-electron chi connectivity index (χ0n) is 14.2. The van der Waals surface area contributed by atoms with Gasteiger partial charge in [-0.25, -0.2) is 17.1 Å². The fourth-order valence-electron chi connectivity index (χ4n) is 3.42. The number of hydrogen-bond donors (Lipinski definition) is 1. The topological polar surface area (TPSA) is 79.4 Å². The van der Waals surface area contributed by atoms with Gasteiger partial charge in [0, 0.05) is 30.7 Å². The Kier molecular flexibility index (Phi) is 4.40. The quantitative estimate of drug-likeness (QED) is 0.885. The van der Waals surface area contributed by atoms with Crippen molar-refractivity contribution in [3.63, 3.8) is 0 Å². The van der Waals surface area contributed by atoms with E-state index >= 15 is 0 Å². The Labute approximate surface area is 151 Å². The second kappa shape index (κ2) is 6.59. The highest BCUT2D eigenvalue weighted by molar-refractivity contribution is 7.90. The maximum absolute atomic E-state index is 13.8. The number of nitrogens with zero attached hydrogens (tertiary/aromatic N) is 2. The highest BCUT2D eigenvalue weighted by Gasteiger charge is 2.41. The van der Waals surface area contributed by atoms with Gasteiger partial charge in [-0.15, -0.1) is 0 Å². The molecule has 0 spiro atoms. The molecule has 2 aliphatic rings. The minimum atomic E-state index is -3.17. The van der Waals surface area contributed by atoms with Crippen molar-refractivity contribution in [2.75, 3.05) is 13.1 Å². The Morgan fingerprint density at radius 1 is 1.19 bits per heavy atom. The number of aromatic nitrogens is 1. The SMILES string of the molecule is O=C(NC1CCN(S(=O)(=O)C2CC2)CC1)c1cc(F)cc2cccnc12. The molecule has 1 aromatic heterocycles. The molecule has 2 heterocycles. The summed E-state index contributed by atoms with van der Waals surface area (Å²) in [5, 5.41) is 3.27. The third-order valence-electron chi connectivity index (χ3n) is 5.01. The van der Waals surface area contributed by atoms with Crippen LogP contribution < -0.4 is 5.32 Å². The summed E-state index contributed by atoms with van der Waals surface area (Å²) in [4.78, 5) is 16.8. The van der Waals surface area contributed by atoms with E-state index in [2.05, 4.69) is 10.3 Å². The second-order valence-electron chi connectivity index (χ2n) is 6.92. The first-order valence-electron chi connectivity index (χ1n) is 8.79. The van der Waals surface area contributed by atoms with Gasteiger partial charge < -0.3 is 5.32 Å². The lowest BCUT2D eigenvalue weighted by Gasteiger charge is -2.31. The number of sulfonamides is 1. The highest BCUT2D eigenvalue weighted by Crippen LogP contribution is 2.32. The summed E-state index contributed by atoms with van der Waals surface area (Å²) in [5.74, 6) is -0.863. The van der Waals surface area contributed by atoms with Crippen molar-refractivity contribution in [1.29, 1.82) is 0 Å². The smallest absolute Gasteiger partial charge is 0.253 e. The molecule has 0 radical (unpaired) electrons. The molecule has 0 bridgehead atoms. The van der Waals surface area contributed by atoms with Gasteiger partial charge in [0.15, 0.2) is 0 Å². The molecule has 1 aliphatic carbocycles. The molecule has 1 aliphatic heterocycles. The zero-order chi connectivity index (χ0) is 18.3. The summed E-state index contributed by atoms with van der Waals surface area (Å²) < 4.78 is 39.9.